The molecular weight excluding hydrogens is 450 g/mol. The van der Waals surface area contributed by atoms with E-state index in [4.69, 9.17) is 21.1 Å². The maximum atomic E-state index is 11.1. The van der Waals surface area contributed by atoms with Crippen molar-refractivity contribution >= 4 is 11.6 Å². The van der Waals surface area contributed by atoms with Crippen LogP contribution in [-0.2, 0) is 13.1 Å². The van der Waals surface area contributed by atoms with Gasteiger partial charge in [0, 0.05) is 25.5 Å². The molecule has 1 fully saturated rings. The largest absolute Gasteiger partial charge is 0.492 e. The van der Waals surface area contributed by atoms with Crippen molar-refractivity contribution < 1.29 is 14.6 Å². The average Bonchev–Trinajstić information content (AvgIpc) is 3.14. The predicted octanol–water partition coefficient (Wildman–Crippen LogP) is 5.03. The zero-order chi connectivity index (χ0) is 24.0. The molecule has 0 spiro atoms. The maximum Gasteiger partial charge on any atom is 0.138 e. The Balaban J connectivity index is 1.24. The van der Waals surface area contributed by atoms with Crippen molar-refractivity contribution in [3.8, 4) is 11.5 Å². The number of rotatable bonds is 9. The van der Waals surface area contributed by atoms with Gasteiger partial charge >= 0.3 is 0 Å². The van der Waals surface area contributed by atoms with Crippen LogP contribution in [-0.4, -0.2) is 51.5 Å². The smallest absolute Gasteiger partial charge is 0.138 e. The SMILES string of the molecule is Cc1ccc(Cl)c(OC[C@@]2(O)CCCN(Cc3ccc(OCCn4ccnc4C)cc3)CC2)c1. The van der Waals surface area contributed by atoms with Crippen LogP contribution in [0.5, 0.6) is 11.5 Å². The van der Waals surface area contributed by atoms with Gasteiger partial charge in [0.2, 0.25) is 0 Å². The van der Waals surface area contributed by atoms with Gasteiger partial charge in [0.15, 0.2) is 0 Å². The molecular formula is C27H34ClN3O3. The van der Waals surface area contributed by atoms with E-state index in [1.54, 1.807) is 6.20 Å². The maximum absolute atomic E-state index is 11.1. The molecule has 7 heteroatoms. The van der Waals surface area contributed by atoms with Crippen LogP contribution in [0.4, 0.5) is 0 Å². The minimum atomic E-state index is -0.840. The van der Waals surface area contributed by atoms with Gasteiger partial charge < -0.3 is 19.1 Å². The Bertz CT molecular complexity index is 1070. The number of ether oxygens (including phenoxy) is 2. The van der Waals surface area contributed by atoms with Crippen LogP contribution in [0.1, 0.15) is 36.2 Å². The number of nitrogens with zero attached hydrogens (tertiary/aromatic N) is 3. The lowest BCUT2D eigenvalue weighted by molar-refractivity contribution is -0.0168. The first-order chi connectivity index (χ1) is 16.4. The molecule has 1 aliphatic heterocycles. The summed E-state index contributed by atoms with van der Waals surface area (Å²) in [5.74, 6) is 2.51. The summed E-state index contributed by atoms with van der Waals surface area (Å²) in [6.45, 7) is 8.28. The number of hydrogen-bond donors (Lipinski definition) is 1. The monoisotopic (exact) mass is 483 g/mol. The van der Waals surface area contributed by atoms with E-state index in [0.29, 0.717) is 23.8 Å². The van der Waals surface area contributed by atoms with E-state index in [-0.39, 0.29) is 6.61 Å². The summed E-state index contributed by atoms with van der Waals surface area (Å²) in [5, 5.41) is 11.7. The zero-order valence-electron chi connectivity index (χ0n) is 20.0. The summed E-state index contributed by atoms with van der Waals surface area (Å²) in [4.78, 5) is 6.63. The molecule has 0 bridgehead atoms. The lowest BCUT2D eigenvalue weighted by Crippen LogP contribution is -2.37. The second kappa shape index (κ2) is 11.3. The van der Waals surface area contributed by atoms with Crippen LogP contribution in [0, 0.1) is 13.8 Å². The van der Waals surface area contributed by atoms with Crippen LogP contribution < -0.4 is 9.47 Å². The molecule has 1 aromatic heterocycles. The standard InChI is InChI=1S/C27H34ClN3O3/c1-21-4-9-25(28)26(18-21)34-20-27(32)10-3-13-30(14-11-27)19-23-5-7-24(8-6-23)33-17-16-31-15-12-29-22(31)2/h4-9,12,15,18,32H,3,10-11,13-14,16-17,19-20H2,1-2H3/t27-/m1/s1. The minimum absolute atomic E-state index is 0.259. The number of aliphatic hydroxyl groups is 1. The van der Waals surface area contributed by atoms with Crippen LogP contribution in [0.3, 0.4) is 0 Å². The summed E-state index contributed by atoms with van der Waals surface area (Å²) in [6.07, 6.45) is 6.09. The molecule has 6 nitrogen and oxygen atoms in total. The number of imidazole rings is 1. The highest BCUT2D eigenvalue weighted by atomic mass is 35.5. The highest BCUT2D eigenvalue weighted by Crippen LogP contribution is 2.29. The highest BCUT2D eigenvalue weighted by molar-refractivity contribution is 6.32. The van der Waals surface area contributed by atoms with Crippen LogP contribution in [0.15, 0.2) is 54.9 Å². The second-order valence-corrected chi connectivity index (χ2v) is 9.64. The Hall–Kier alpha value is -2.54. The third kappa shape index (κ3) is 6.75. The van der Waals surface area contributed by atoms with Gasteiger partial charge in [-0.3, -0.25) is 4.90 Å². The van der Waals surface area contributed by atoms with Crippen LogP contribution in [0.25, 0.3) is 0 Å². The molecule has 4 rings (SSSR count). The summed E-state index contributed by atoms with van der Waals surface area (Å²) < 4.78 is 13.9. The first kappa shape index (κ1) is 24.6. The third-order valence-corrected chi connectivity index (χ3v) is 6.76. The Morgan fingerprint density at radius 2 is 1.88 bits per heavy atom. The molecule has 34 heavy (non-hydrogen) atoms. The van der Waals surface area contributed by atoms with E-state index in [1.165, 1.54) is 5.56 Å². The van der Waals surface area contributed by atoms with Gasteiger partial charge in [-0.2, -0.15) is 0 Å². The van der Waals surface area contributed by atoms with E-state index in [0.717, 1.165) is 56.2 Å². The minimum Gasteiger partial charge on any atom is -0.492 e. The molecule has 0 unspecified atom stereocenters. The van der Waals surface area contributed by atoms with Gasteiger partial charge in [-0.15, -0.1) is 0 Å². The number of hydrogen-bond acceptors (Lipinski definition) is 5. The van der Waals surface area contributed by atoms with E-state index >= 15 is 0 Å². The normalized spacial score (nSPS) is 19.1. The van der Waals surface area contributed by atoms with Crippen molar-refractivity contribution in [3.05, 3.63) is 76.8 Å². The molecule has 0 saturated carbocycles. The molecule has 1 aliphatic rings. The van der Waals surface area contributed by atoms with E-state index in [1.807, 2.05) is 50.4 Å². The Morgan fingerprint density at radius 1 is 1.06 bits per heavy atom. The van der Waals surface area contributed by atoms with Gasteiger partial charge in [-0.1, -0.05) is 29.8 Å². The van der Waals surface area contributed by atoms with Crippen LogP contribution >= 0.6 is 11.6 Å². The predicted molar refractivity (Wildman–Crippen MR) is 135 cm³/mol. The summed E-state index contributed by atoms with van der Waals surface area (Å²) in [6, 6.07) is 14.0. The van der Waals surface area contributed by atoms with Crippen molar-refractivity contribution in [2.24, 2.45) is 0 Å². The Labute approximate surface area is 207 Å². The first-order valence-electron chi connectivity index (χ1n) is 11.9. The number of benzene rings is 2. The molecule has 1 atom stereocenters. The van der Waals surface area contributed by atoms with Crippen molar-refractivity contribution in [2.45, 2.75) is 51.8 Å². The fourth-order valence-corrected chi connectivity index (χ4v) is 4.49. The first-order valence-corrected chi connectivity index (χ1v) is 12.3. The fourth-order valence-electron chi connectivity index (χ4n) is 4.32. The molecule has 182 valence electrons. The Kier molecular flexibility index (Phi) is 8.14. The summed E-state index contributed by atoms with van der Waals surface area (Å²) >= 11 is 6.25. The molecule has 0 radical (unpaired) electrons. The molecule has 2 heterocycles. The lowest BCUT2D eigenvalue weighted by atomic mass is 9.96. The second-order valence-electron chi connectivity index (χ2n) is 9.24. The molecule has 0 amide bonds. The van der Waals surface area contributed by atoms with E-state index < -0.39 is 5.60 Å². The van der Waals surface area contributed by atoms with E-state index in [2.05, 4.69) is 26.6 Å². The third-order valence-electron chi connectivity index (χ3n) is 6.45. The summed E-state index contributed by atoms with van der Waals surface area (Å²) in [5.41, 5.74) is 1.49. The zero-order valence-corrected chi connectivity index (χ0v) is 20.8. The number of aromatic nitrogens is 2. The molecule has 1 N–H and O–H groups in total. The fraction of sp³-hybridized carbons (Fsp3) is 0.444. The average molecular weight is 484 g/mol. The lowest BCUT2D eigenvalue weighted by Gasteiger charge is -2.27. The van der Waals surface area contributed by atoms with Gasteiger partial charge in [-0.05, 0) is 75.0 Å². The quantitative estimate of drug-likeness (QED) is 0.462. The number of aryl methyl sites for hydroxylation is 2. The van der Waals surface area contributed by atoms with Crippen molar-refractivity contribution in [2.75, 3.05) is 26.3 Å². The van der Waals surface area contributed by atoms with Crippen molar-refractivity contribution in [3.63, 3.8) is 0 Å². The number of likely N-dealkylation sites (tertiary alicyclic amines) is 1. The molecule has 1 saturated heterocycles. The number of halogens is 1. The molecule has 3 aromatic rings. The van der Waals surface area contributed by atoms with Gasteiger partial charge in [0.1, 0.15) is 30.5 Å². The van der Waals surface area contributed by atoms with Crippen LogP contribution in [0.2, 0.25) is 5.02 Å². The van der Waals surface area contributed by atoms with Crippen molar-refractivity contribution in [1.82, 2.24) is 14.5 Å². The van der Waals surface area contributed by atoms with Crippen molar-refractivity contribution in [1.29, 1.82) is 0 Å². The van der Waals surface area contributed by atoms with Gasteiger partial charge in [0.05, 0.1) is 17.2 Å². The van der Waals surface area contributed by atoms with Gasteiger partial charge in [0.25, 0.3) is 0 Å². The Morgan fingerprint density at radius 3 is 2.65 bits per heavy atom. The van der Waals surface area contributed by atoms with E-state index in [9.17, 15) is 5.11 Å². The highest BCUT2D eigenvalue weighted by Gasteiger charge is 2.31. The summed E-state index contributed by atoms with van der Waals surface area (Å²) in [7, 11) is 0. The van der Waals surface area contributed by atoms with Gasteiger partial charge in [-0.25, -0.2) is 4.98 Å². The topological polar surface area (TPSA) is 59.8 Å². The molecule has 0 aliphatic carbocycles. The molecule has 2 aromatic carbocycles.